The van der Waals surface area contributed by atoms with Gasteiger partial charge in [0.15, 0.2) is 0 Å². The van der Waals surface area contributed by atoms with Crippen molar-refractivity contribution in [3.63, 3.8) is 0 Å². The van der Waals surface area contributed by atoms with Crippen LogP contribution in [0.15, 0.2) is 12.3 Å². The van der Waals surface area contributed by atoms with Crippen LogP contribution in [0.4, 0.5) is 0 Å². The monoisotopic (exact) mass is 128 g/mol. The van der Waals surface area contributed by atoms with Gasteiger partial charge in [0.25, 0.3) is 0 Å². The molecule has 0 aromatic heterocycles. The van der Waals surface area contributed by atoms with Crippen molar-refractivity contribution in [3.05, 3.63) is 12.3 Å². The predicted molar refractivity (Wildman–Crippen MR) is 36.2 cm³/mol. The van der Waals surface area contributed by atoms with Crippen LogP contribution >= 0.6 is 0 Å². The Hall–Kier alpha value is -0.790. The fourth-order valence-corrected chi connectivity index (χ4v) is 0.497. The van der Waals surface area contributed by atoms with Crippen LogP contribution in [0.3, 0.4) is 0 Å². The average molecular weight is 128 g/mol. The molecular weight excluding hydrogens is 116 g/mol. The highest BCUT2D eigenvalue weighted by atomic mass is 16.3. The minimum atomic E-state index is -0.0949. The molecule has 0 fully saturated rings. The molecule has 0 saturated carbocycles. The highest BCUT2D eigenvalue weighted by Crippen LogP contribution is 2.07. The van der Waals surface area contributed by atoms with Gasteiger partial charge in [-0.2, -0.15) is 0 Å². The summed E-state index contributed by atoms with van der Waals surface area (Å²) in [5.41, 5.74) is 0. The number of hydrogen-bond acceptors (Lipinski definition) is 2. The molecule has 52 valence electrons. The van der Waals surface area contributed by atoms with Gasteiger partial charge in [-0.25, -0.2) is 0 Å². The Labute approximate surface area is 55.2 Å². The van der Waals surface area contributed by atoms with Gasteiger partial charge in [0.05, 0.1) is 5.76 Å². The van der Waals surface area contributed by atoms with Crippen molar-refractivity contribution in [2.75, 3.05) is 0 Å². The molecule has 0 heterocycles. The van der Waals surface area contributed by atoms with E-state index in [2.05, 4.69) is 6.58 Å². The number of rotatable bonds is 3. The van der Waals surface area contributed by atoms with E-state index in [1.807, 2.05) is 0 Å². The summed E-state index contributed by atoms with van der Waals surface area (Å²) in [5, 5.41) is 8.62. The second-order valence-corrected chi connectivity index (χ2v) is 2.28. The first-order valence-corrected chi connectivity index (χ1v) is 2.91. The lowest BCUT2D eigenvalue weighted by Crippen LogP contribution is -2.06. The fourth-order valence-electron chi connectivity index (χ4n) is 0.497. The molecule has 0 spiro atoms. The molecule has 0 radical (unpaired) electrons. The molecule has 1 N–H and O–H groups in total. The van der Waals surface area contributed by atoms with Gasteiger partial charge in [-0.15, -0.1) is 0 Å². The second-order valence-electron chi connectivity index (χ2n) is 2.28. The molecule has 0 rings (SSSR count). The topological polar surface area (TPSA) is 37.3 Å². The molecule has 1 atom stereocenters. The number of carbonyl (C=O) groups excluding carboxylic acids is 1. The summed E-state index contributed by atoms with van der Waals surface area (Å²) in [5.74, 6) is 0.0744. The number of hydrogen-bond donors (Lipinski definition) is 1. The Morgan fingerprint density at radius 2 is 2.22 bits per heavy atom. The standard InChI is InChI=1S/C7H12O2/c1-5(7(3)9)4-6(2)8/h5,8H,2,4H2,1,3H3/t5-/m0/s1. The van der Waals surface area contributed by atoms with Crippen LogP contribution in [0.1, 0.15) is 20.3 Å². The van der Waals surface area contributed by atoms with Gasteiger partial charge in [-0.05, 0) is 6.92 Å². The summed E-state index contributed by atoms with van der Waals surface area (Å²) >= 11 is 0. The van der Waals surface area contributed by atoms with Crippen molar-refractivity contribution < 1.29 is 9.90 Å². The fraction of sp³-hybridized carbons (Fsp3) is 0.571. The Morgan fingerprint density at radius 1 is 1.78 bits per heavy atom. The van der Waals surface area contributed by atoms with E-state index >= 15 is 0 Å². The molecule has 0 aliphatic heterocycles. The molecule has 0 aliphatic rings. The first-order chi connectivity index (χ1) is 4.04. The van der Waals surface area contributed by atoms with Gasteiger partial charge in [0, 0.05) is 12.3 Å². The summed E-state index contributed by atoms with van der Waals surface area (Å²) in [6.45, 7) is 6.56. The normalized spacial score (nSPS) is 12.7. The van der Waals surface area contributed by atoms with Crippen molar-refractivity contribution in [3.8, 4) is 0 Å². The quantitative estimate of drug-likeness (QED) is 0.587. The first-order valence-electron chi connectivity index (χ1n) is 2.91. The van der Waals surface area contributed by atoms with Crippen LogP contribution in [0.25, 0.3) is 0 Å². The van der Waals surface area contributed by atoms with E-state index in [1.54, 1.807) is 6.92 Å². The van der Waals surface area contributed by atoms with Crippen LogP contribution in [0.5, 0.6) is 0 Å². The molecule has 0 amide bonds. The summed E-state index contributed by atoms with van der Waals surface area (Å²) in [6.07, 6.45) is 0.384. The van der Waals surface area contributed by atoms with Crippen molar-refractivity contribution in [1.82, 2.24) is 0 Å². The largest absolute Gasteiger partial charge is 0.513 e. The third-order valence-corrected chi connectivity index (χ3v) is 1.24. The van der Waals surface area contributed by atoms with E-state index in [9.17, 15) is 4.79 Å². The van der Waals surface area contributed by atoms with E-state index in [0.29, 0.717) is 6.42 Å². The lowest BCUT2D eigenvalue weighted by molar-refractivity contribution is -0.120. The third-order valence-electron chi connectivity index (χ3n) is 1.24. The molecule has 0 aromatic rings. The Morgan fingerprint density at radius 3 is 2.33 bits per heavy atom. The molecule has 0 unspecified atom stereocenters. The molecule has 9 heavy (non-hydrogen) atoms. The van der Waals surface area contributed by atoms with Crippen LogP contribution < -0.4 is 0 Å². The number of ketones is 1. The van der Waals surface area contributed by atoms with Gasteiger partial charge in [-0.1, -0.05) is 13.5 Å². The molecular formula is C7H12O2. The number of aliphatic hydroxyl groups is 1. The predicted octanol–water partition coefficient (Wildman–Crippen LogP) is 1.67. The molecule has 0 saturated heterocycles. The van der Waals surface area contributed by atoms with Gasteiger partial charge >= 0.3 is 0 Å². The zero-order valence-corrected chi connectivity index (χ0v) is 5.85. The zero-order valence-electron chi connectivity index (χ0n) is 5.85. The number of allylic oxidation sites excluding steroid dienone is 1. The van der Waals surface area contributed by atoms with E-state index in [1.165, 1.54) is 6.92 Å². The third kappa shape index (κ3) is 3.76. The summed E-state index contributed by atoms with van der Waals surface area (Å²) < 4.78 is 0. The van der Waals surface area contributed by atoms with Crippen LogP contribution in [0, 0.1) is 5.92 Å². The van der Waals surface area contributed by atoms with E-state index in [-0.39, 0.29) is 17.5 Å². The highest BCUT2D eigenvalue weighted by Gasteiger charge is 2.07. The smallest absolute Gasteiger partial charge is 0.133 e. The van der Waals surface area contributed by atoms with E-state index in [4.69, 9.17) is 5.11 Å². The summed E-state index contributed by atoms with van der Waals surface area (Å²) in [4.78, 5) is 10.5. The molecule has 0 aliphatic carbocycles. The van der Waals surface area contributed by atoms with Crippen molar-refractivity contribution >= 4 is 5.78 Å². The average Bonchev–Trinajstić information content (AvgIpc) is 1.63. The minimum Gasteiger partial charge on any atom is -0.513 e. The number of carbonyl (C=O) groups is 1. The van der Waals surface area contributed by atoms with Crippen LogP contribution in [-0.2, 0) is 4.79 Å². The van der Waals surface area contributed by atoms with Gasteiger partial charge in [0.1, 0.15) is 5.78 Å². The molecule has 2 nitrogen and oxygen atoms in total. The van der Waals surface area contributed by atoms with Crippen LogP contribution in [-0.4, -0.2) is 10.9 Å². The van der Waals surface area contributed by atoms with Gasteiger partial charge in [0.2, 0.25) is 0 Å². The maximum absolute atomic E-state index is 10.5. The van der Waals surface area contributed by atoms with E-state index < -0.39 is 0 Å². The lowest BCUT2D eigenvalue weighted by atomic mass is 10.0. The van der Waals surface area contributed by atoms with E-state index in [0.717, 1.165) is 0 Å². The molecule has 0 bridgehead atoms. The minimum absolute atomic E-state index is 0.0812. The molecule has 0 aromatic carbocycles. The maximum atomic E-state index is 10.5. The number of aliphatic hydroxyl groups excluding tert-OH is 1. The van der Waals surface area contributed by atoms with Crippen molar-refractivity contribution in [1.29, 1.82) is 0 Å². The molecule has 2 heteroatoms. The van der Waals surface area contributed by atoms with Crippen molar-refractivity contribution in [2.45, 2.75) is 20.3 Å². The highest BCUT2D eigenvalue weighted by molar-refractivity contribution is 5.78. The summed E-state index contributed by atoms with van der Waals surface area (Å²) in [7, 11) is 0. The maximum Gasteiger partial charge on any atom is 0.133 e. The zero-order chi connectivity index (χ0) is 7.44. The SMILES string of the molecule is C=C(O)C[C@H](C)C(C)=O. The lowest BCUT2D eigenvalue weighted by Gasteiger charge is -2.03. The van der Waals surface area contributed by atoms with Crippen LogP contribution in [0.2, 0.25) is 0 Å². The first kappa shape index (κ1) is 8.21. The van der Waals surface area contributed by atoms with Crippen molar-refractivity contribution in [2.24, 2.45) is 5.92 Å². The summed E-state index contributed by atoms with van der Waals surface area (Å²) in [6, 6.07) is 0. The van der Waals surface area contributed by atoms with Gasteiger partial charge in [-0.3, -0.25) is 4.79 Å². The second kappa shape index (κ2) is 3.28. The Balaban J connectivity index is 3.63. The Kier molecular flexibility index (Phi) is 2.99. The Bertz CT molecular complexity index is 127. The number of Topliss-reactive ketones (excluding diaryl/α,β-unsaturated/α-hetero) is 1. The van der Waals surface area contributed by atoms with Gasteiger partial charge < -0.3 is 5.11 Å².